The summed E-state index contributed by atoms with van der Waals surface area (Å²) in [6.07, 6.45) is 1.66. The number of allylic oxidation sites excluding steroid dienone is 1. The fourth-order valence-corrected chi connectivity index (χ4v) is 3.36. The zero-order chi connectivity index (χ0) is 19.4. The number of methoxy groups -OCH3 is 2. The van der Waals surface area contributed by atoms with Gasteiger partial charge in [-0.25, -0.2) is 0 Å². The van der Waals surface area contributed by atoms with Crippen LogP contribution in [-0.2, 0) is 19.1 Å². The molecule has 0 radical (unpaired) electrons. The molecule has 3 unspecified atom stereocenters. The summed E-state index contributed by atoms with van der Waals surface area (Å²) < 4.78 is 9.83. The quantitative estimate of drug-likeness (QED) is 0.463. The maximum atomic E-state index is 12.5. The van der Waals surface area contributed by atoms with E-state index in [-0.39, 0.29) is 5.69 Å². The van der Waals surface area contributed by atoms with Crippen LogP contribution in [0.25, 0.3) is 0 Å². The molecule has 0 amide bonds. The molecule has 0 saturated heterocycles. The van der Waals surface area contributed by atoms with Crippen molar-refractivity contribution in [1.82, 2.24) is 0 Å². The number of nitro benzene ring substituents is 1. The molecule has 138 valence electrons. The molecule has 0 fully saturated rings. The van der Waals surface area contributed by atoms with Gasteiger partial charge in [0.25, 0.3) is 5.69 Å². The first-order chi connectivity index (χ1) is 12.3. The lowest BCUT2D eigenvalue weighted by atomic mass is 9.68. The van der Waals surface area contributed by atoms with E-state index in [1.54, 1.807) is 19.1 Å². The van der Waals surface area contributed by atoms with Gasteiger partial charge in [0.2, 0.25) is 0 Å². The Labute approximate surface area is 150 Å². The predicted octanol–water partition coefficient (Wildman–Crippen LogP) is 2.29. The highest BCUT2D eigenvalue weighted by Gasteiger charge is 2.46. The summed E-state index contributed by atoms with van der Waals surface area (Å²) in [6, 6.07) is 5.88. The van der Waals surface area contributed by atoms with Crippen LogP contribution in [0, 0.1) is 22.0 Å². The Morgan fingerprint density at radius 3 is 2.31 bits per heavy atom. The Morgan fingerprint density at radius 2 is 1.77 bits per heavy atom. The number of aliphatic imine (C=N–C) groups is 1. The van der Waals surface area contributed by atoms with Crippen LogP contribution in [0.15, 0.2) is 40.9 Å². The zero-order valence-electron chi connectivity index (χ0n) is 15.0. The largest absolute Gasteiger partial charge is 0.469 e. The first-order valence-electron chi connectivity index (χ1n) is 7.90. The molecule has 1 aromatic carbocycles. The van der Waals surface area contributed by atoms with Crippen molar-refractivity contribution in [3.8, 4) is 0 Å². The van der Waals surface area contributed by atoms with Crippen molar-refractivity contribution in [2.24, 2.45) is 16.8 Å². The number of ether oxygens (including phenoxy) is 2. The first-order valence-corrected chi connectivity index (χ1v) is 7.90. The Balaban J connectivity index is 2.72. The van der Waals surface area contributed by atoms with Gasteiger partial charge >= 0.3 is 11.9 Å². The van der Waals surface area contributed by atoms with Crippen molar-refractivity contribution in [1.29, 1.82) is 0 Å². The third-order valence-corrected chi connectivity index (χ3v) is 4.54. The number of hydrogen-bond acceptors (Lipinski definition) is 7. The molecule has 0 heterocycles. The van der Waals surface area contributed by atoms with E-state index < -0.39 is 34.6 Å². The average molecular weight is 360 g/mol. The molecular formula is C18H20N2O6. The summed E-state index contributed by atoms with van der Waals surface area (Å²) in [5.41, 5.74) is 1.45. The summed E-state index contributed by atoms with van der Waals surface area (Å²) in [5.74, 6) is -3.48. The van der Waals surface area contributed by atoms with Gasteiger partial charge in [-0.05, 0) is 18.6 Å². The van der Waals surface area contributed by atoms with E-state index in [1.165, 1.54) is 39.5 Å². The summed E-state index contributed by atoms with van der Waals surface area (Å²) in [4.78, 5) is 39.7. The van der Waals surface area contributed by atoms with Crippen molar-refractivity contribution in [3.05, 3.63) is 51.6 Å². The monoisotopic (exact) mass is 360 g/mol. The Kier molecular flexibility index (Phi) is 5.86. The first kappa shape index (κ1) is 19.3. The van der Waals surface area contributed by atoms with E-state index in [0.717, 1.165) is 0 Å². The zero-order valence-corrected chi connectivity index (χ0v) is 15.0. The van der Waals surface area contributed by atoms with Gasteiger partial charge < -0.3 is 9.47 Å². The van der Waals surface area contributed by atoms with Crippen LogP contribution in [0.4, 0.5) is 5.69 Å². The Bertz CT molecular complexity index is 799. The minimum absolute atomic E-state index is 0.128. The second-order valence-corrected chi connectivity index (χ2v) is 5.92. The molecule has 1 aliphatic rings. The van der Waals surface area contributed by atoms with Gasteiger partial charge in [-0.3, -0.25) is 24.7 Å². The van der Waals surface area contributed by atoms with Gasteiger partial charge in [0, 0.05) is 30.8 Å². The van der Waals surface area contributed by atoms with E-state index in [0.29, 0.717) is 16.8 Å². The van der Waals surface area contributed by atoms with Crippen molar-refractivity contribution < 1.29 is 24.0 Å². The third-order valence-electron chi connectivity index (χ3n) is 4.54. The van der Waals surface area contributed by atoms with E-state index >= 15 is 0 Å². The lowest BCUT2D eigenvalue weighted by Crippen LogP contribution is -2.41. The van der Waals surface area contributed by atoms with Crippen LogP contribution in [0.2, 0.25) is 0 Å². The number of hydrogen-bond donors (Lipinski definition) is 0. The maximum Gasteiger partial charge on any atom is 0.315 e. The standard InChI is InChI=1S/C18H20N2O6/c1-10-8-13(19-2)16(18(22)26-4)15(14(10)17(21)25-3)11-6-5-7-12(9-11)20(23)24/h5-9,14-16H,1-4H3. The number of nitrogens with zero attached hydrogens (tertiary/aromatic N) is 2. The number of non-ortho nitro benzene ring substituents is 1. The molecule has 0 spiro atoms. The summed E-state index contributed by atoms with van der Waals surface area (Å²) in [7, 11) is 4.05. The van der Waals surface area contributed by atoms with Crippen LogP contribution < -0.4 is 0 Å². The number of esters is 2. The number of carbonyl (C=O) groups excluding carboxylic acids is 2. The lowest BCUT2D eigenvalue weighted by Gasteiger charge is -2.35. The van der Waals surface area contributed by atoms with Gasteiger partial charge in [-0.15, -0.1) is 0 Å². The highest BCUT2D eigenvalue weighted by Crippen LogP contribution is 2.43. The van der Waals surface area contributed by atoms with Crippen molar-refractivity contribution in [2.75, 3.05) is 21.3 Å². The molecule has 0 N–H and O–H groups in total. The highest BCUT2D eigenvalue weighted by molar-refractivity contribution is 6.11. The molecule has 26 heavy (non-hydrogen) atoms. The molecular weight excluding hydrogens is 340 g/mol. The third kappa shape index (κ3) is 3.49. The molecule has 0 aromatic heterocycles. The Hall–Kier alpha value is -3.03. The normalized spacial score (nSPS) is 23.9. The lowest BCUT2D eigenvalue weighted by molar-refractivity contribution is -0.384. The SMILES string of the molecule is CN=C1C=C(C)C(C(=O)OC)C(c2cccc([N+](=O)[O-])c2)C1C(=O)OC. The minimum Gasteiger partial charge on any atom is -0.469 e. The van der Waals surface area contributed by atoms with E-state index in [9.17, 15) is 19.7 Å². The maximum absolute atomic E-state index is 12.5. The van der Waals surface area contributed by atoms with Gasteiger partial charge in [-0.1, -0.05) is 17.7 Å². The van der Waals surface area contributed by atoms with Crippen molar-refractivity contribution >= 4 is 23.3 Å². The van der Waals surface area contributed by atoms with Crippen LogP contribution >= 0.6 is 0 Å². The smallest absolute Gasteiger partial charge is 0.315 e. The summed E-state index contributed by atoms with van der Waals surface area (Å²) in [5, 5.41) is 11.2. The van der Waals surface area contributed by atoms with E-state index in [1.807, 2.05) is 0 Å². The molecule has 0 bridgehead atoms. The van der Waals surface area contributed by atoms with Gasteiger partial charge in [0.15, 0.2) is 0 Å². The molecule has 3 atom stereocenters. The molecule has 0 saturated carbocycles. The van der Waals surface area contributed by atoms with E-state index in [4.69, 9.17) is 9.47 Å². The molecule has 8 nitrogen and oxygen atoms in total. The van der Waals surface area contributed by atoms with Crippen LogP contribution in [0.1, 0.15) is 18.4 Å². The molecule has 1 aromatic rings. The van der Waals surface area contributed by atoms with Gasteiger partial charge in [0.1, 0.15) is 5.92 Å². The molecule has 8 heteroatoms. The van der Waals surface area contributed by atoms with Gasteiger partial charge in [-0.2, -0.15) is 0 Å². The summed E-state index contributed by atoms with van der Waals surface area (Å²) in [6.45, 7) is 1.74. The number of benzene rings is 1. The van der Waals surface area contributed by atoms with Crippen molar-refractivity contribution in [2.45, 2.75) is 12.8 Å². The number of carbonyl (C=O) groups is 2. The molecule has 0 aliphatic heterocycles. The van der Waals surface area contributed by atoms with Crippen LogP contribution in [0.3, 0.4) is 0 Å². The fraction of sp³-hybridized carbons (Fsp3) is 0.389. The second kappa shape index (κ2) is 7.90. The minimum atomic E-state index is -0.875. The Morgan fingerprint density at radius 1 is 1.15 bits per heavy atom. The number of rotatable bonds is 4. The van der Waals surface area contributed by atoms with Crippen LogP contribution in [-0.4, -0.2) is 43.8 Å². The predicted molar refractivity (Wildman–Crippen MR) is 94.0 cm³/mol. The van der Waals surface area contributed by atoms with Crippen LogP contribution in [0.5, 0.6) is 0 Å². The van der Waals surface area contributed by atoms with E-state index in [2.05, 4.69) is 4.99 Å². The average Bonchev–Trinajstić information content (AvgIpc) is 2.65. The molecule has 2 rings (SSSR count). The summed E-state index contributed by atoms with van der Waals surface area (Å²) >= 11 is 0. The highest BCUT2D eigenvalue weighted by atomic mass is 16.6. The second-order valence-electron chi connectivity index (χ2n) is 5.92. The van der Waals surface area contributed by atoms with Gasteiger partial charge in [0.05, 0.1) is 25.1 Å². The molecule has 1 aliphatic carbocycles. The topological polar surface area (TPSA) is 108 Å². The number of nitro groups is 1. The fourth-order valence-electron chi connectivity index (χ4n) is 3.36. The van der Waals surface area contributed by atoms with Crippen molar-refractivity contribution in [3.63, 3.8) is 0 Å².